The molecule has 1 aliphatic heterocycles. The van der Waals surface area contributed by atoms with Crippen LogP contribution in [0, 0.1) is 0 Å². The average Bonchev–Trinajstić information content (AvgIpc) is 2.64. The van der Waals surface area contributed by atoms with Crippen LogP contribution in [-0.2, 0) is 12.2 Å². The lowest BCUT2D eigenvalue weighted by Gasteiger charge is -2.11. The lowest BCUT2D eigenvalue weighted by molar-refractivity contribution is 0.771. The Morgan fingerprint density at radius 3 is 2.95 bits per heavy atom. The Balaban J connectivity index is 2.13. The van der Waals surface area contributed by atoms with Gasteiger partial charge in [0.05, 0.1) is 16.4 Å². The molecule has 1 aromatic carbocycles. The van der Waals surface area contributed by atoms with Gasteiger partial charge in [-0.1, -0.05) is 23.2 Å². The van der Waals surface area contributed by atoms with E-state index in [-0.39, 0.29) is 0 Å². The number of fused-ring (bicyclic) bond motifs is 1. The van der Waals surface area contributed by atoms with E-state index in [1.807, 2.05) is 16.8 Å². The molecular weight excluding hydrogens is 325 g/mol. The highest BCUT2D eigenvalue weighted by atomic mass is 35.5. The van der Waals surface area contributed by atoms with Crippen LogP contribution in [0.1, 0.15) is 24.1 Å². The SMILES string of the molecule is CSCc1nn(-c2ccc(Cl)cc2Cl)c2c1CCCCN2. The van der Waals surface area contributed by atoms with Gasteiger partial charge in [0, 0.05) is 22.9 Å². The molecule has 3 nitrogen and oxygen atoms in total. The van der Waals surface area contributed by atoms with Crippen LogP contribution in [0.15, 0.2) is 18.2 Å². The summed E-state index contributed by atoms with van der Waals surface area (Å²) >= 11 is 14.1. The zero-order valence-corrected chi connectivity index (χ0v) is 14.2. The molecule has 2 aromatic rings. The molecule has 1 aliphatic rings. The van der Waals surface area contributed by atoms with Crippen molar-refractivity contribution in [3.63, 3.8) is 0 Å². The molecule has 2 heterocycles. The van der Waals surface area contributed by atoms with Crippen LogP contribution in [-0.4, -0.2) is 22.6 Å². The van der Waals surface area contributed by atoms with Crippen molar-refractivity contribution in [2.75, 3.05) is 18.1 Å². The number of aromatic nitrogens is 2. The minimum atomic E-state index is 0.620. The van der Waals surface area contributed by atoms with Crippen molar-refractivity contribution in [3.8, 4) is 5.69 Å². The molecule has 6 heteroatoms. The van der Waals surface area contributed by atoms with Gasteiger partial charge in [-0.05, 0) is 43.7 Å². The van der Waals surface area contributed by atoms with Crippen LogP contribution in [0.25, 0.3) is 5.69 Å². The number of nitrogens with one attached hydrogen (secondary N) is 1. The third-order valence-corrected chi connectivity index (χ3v) is 4.73. The molecule has 0 aliphatic carbocycles. The minimum Gasteiger partial charge on any atom is -0.370 e. The molecule has 0 unspecified atom stereocenters. The molecule has 1 aromatic heterocycles. The van der Waals surface area contributed by atoms with E-state index < -0.39 is 0 Å². The number of halogens is 2. The highest BCUT2D eigenvalue weighted by molar-refractivity contribution is 7.97. The van der Waals surface area contributed by atoms with Gasteiger partial charge in [0.1, 0.15) is 5.82 Å². The smallest absolute Gasteiger partial charge is 0.133 e. The maximum Gasteiger partial charge on any atom is 0.133 e. The summed E-state index contributed by atoms with van der Waals surface area (Å²) in [5, 5.41) is 9.56. The standard InChI is InChI=1S/C15H17Cl2N3S/c1-21-9-13-11-4-2-3-7-18-15(11)20(19-13)14-6-5-10(16)8-12(14)17/h5-6,8,18H,2-4,7,9H2,1H3. The van der Waals surface area contributed by atoms with E-state index in [9.17, 15) is 0 Å². The predicted octanol–water partition coefficient (Wildman–Crippen LogP) is 4.79. The van der Waals surface area contributed by atoms with E-state index >= 15 is 0 Å². The minimum absolute atomic E-state index is 0.620. The fourth-order valence-electron chi connectivity index (χ4n) is 2.65. The van der Waals surface area contributed by atoms with Crippen molar-refractivity contribution in [2.24, 2.45) is 0 Å². The number of thioether (sulfide) groups is 1. The lowest BCUT2D eigenvalue weighted by Crippen LogP contribution is -2.07. The number of hydrogen-bond acceptors (Lipinski definition) is 3. The van der Waals surface area contributed by atoms with Gasteiger partial charge in [0.2, 0.25) is 0 Å². The van der Waals surface area contributed by atoms with Crippen molar-refractivity contribution in [1.82, 2.24) is 9.78 Å². The molecule has 112 valence electrons. The van der Waals surface area contributed by atoms with Crippen molar-refractivity contribution in [3.05, 3.63) is 39.5 Å². The highest BCUT2D eigenvalue weighted by Gasteiger charge is 2.21. The Kier molecular flexibility index (Phi) is 4.67. The highest BCUT2D eigenvalue weighted by Crippen LogP contribution is 2.32. The zero-order valence-electron chi connectivity index (χ0n) is 11.8. The molecule has 21 heavy (non-hydrogen) atoms. The zero-order chi connectivity index (χ0) is 14.8. The van der Waals surface area contributed by atoms with Crippen LogP contribution in [0.3, 0.4) is 0 Å². The summed E-state index contributed by atoms with van der Waals surface area (Å²) in [7, 11) is 0. The van der Waals surface area contributed by atoms with E-state index in [4.69, 9.17) is 28.3 Å². The van der Waals surface area contributed by atoms with Crippen LogP contribution >= 0.6 is 35.0 Å². The Morgan fingerprint density at radius 1 is 1.33 bits per heavy atom. The second kappa shape index (κ2) is 6.51. The first-order valence-corrected chi connectivity index (χ1v) is 9.14. The third kappa shape index (κ3) is 3.03. The molecule has 0 bridgehead atoms. The monoisotopic (exact) mass is 341 g/mol. The normalized spacial score (nSPS) is 14.4. The molecule has 0 radical (unpaired) electrons. The molecule has 0 saturated carbocycles. The van der Waals surface area contributed by atoms with E-state index in [2.05, 4.69) is 11.6 Å². The Hall–Kier alpha value is -0.840. The topological polar surface area (TPSA) is 29.9 Å². The first kappa shape index (κ1) is 15.1. The summed E-state index contributed by atoms with van der Waals surface area (Å²) < 4.78 is 1.94. The molecular formula is C15H17Cl2N3S. The summed E-state index contributed by atoms with van der Waals surface area (Å²) in [4.78, 5) is 0. The molecule has 0 amide bonds. The van der Waals surface area contributed by atoms with E-state index in [1.165, 1.54) is 18.4 Å². The fraction of sp³-hybridized carbons (Fsp3) is 0.400. The van der Waals surface area contributed by atoms with Crippen molar-refractivity contribution < 1.29 is 0 Å². The maximum absolute atomic E-state index is 6.36. The first-order chi connectivity index (χ1) is 10.2. The number of anilines is 1. The van der Waals surface area contributed by atoms with Gasteiger partial charge < -0.3 is 5.32 Å². The molecule has 0 spiro atoms. The van der Waals surface area contributed by atoms with Gasteiger partial charge in [-0.15, -0.1) is 0 Å². The fourth-order valence-corrected chi connectivity index (χ4v) is 3.65. The van der Waals surface area contributed by atoms with E-state index in [0.29, 0.717) is 10.0 Å². The van der Waals surface area contributed by atoms with Crippen molar-refractivity contribution in [1.29, 1.82) is 0 Å². The van der Waals surface area contributed by atoms with Crippen LogP contribution < -0.4 is 5.32 Å². The molecule has 3 rings (SSSR count). The third-order valence-electron chi connectivity index (χ3n) is 3.63. The Bertz CT molecular complexity index is 655. The summed E-state index contributed by atoms with van der Waals surface area (Å²) in [6.45, 7) is 0.975. The van der Waals surface area contributed by atoms with Gasteiger partial charge in [0.15, 0.2) is 0 Å². The Labute approximate surface area is 139 Å². The van der Waals surface area contributed by atoms with Crippen molar-refractivity contribution >= 4 is 40.8 Å². The van der Waals surface area contributed by atoms with Gasteiger partial charge in [-0.3, -0.25) is 0 Å². The number of benzene rings is 1. The second-order valence-electron chi connectivity index (χ2n) is 5.10. The number of rotatable bonds is 3. The van der Waals surface area contributed by atoms with Gasteiger partial charge in [0.25, 0.3) is 0 Å². The first-order valence-electron chi connectivity index (χ1n) is 6.99. The molecule has 0 saturated heterocycles. The number of nitrogens with zero attached hydrogens (tertiary/aromatic N) is 2. The molecule has 0 atom stereocenters. The van der Waals surface area contributed by atoms with Gasteiger partial charge in [-0.2, -0.15) is 16.9 Å². The molecule has 0 fully saturated rings. The predicted molar refractivity (Wildman–Crippen MR) is 92.2 cm³/mol. The van der Waals surface area contributed by atoms with Gasteiger partial charge >= 0.3 is 0 Å². The maximum atomic E-state index is 6.36. The lowest BCUT2D eigenvalue weighted by atomic mass is 10.1. The summed E-state index contributed by atoms with van der Waals surface area (Å²) in [5.74, 6) is 2.00. The number of hydrogen-bond donors (Lipinski definition) is 1. The Morgan fingerprint density at radius 2 is 2.19 bits per heavy atom. The van der Waals surface area contributed by atoms with Crippen LogP contribution in [0.4, 0.5) is 5.82 Å². The van der Waals surface area contributed by atoms with Crippen molar-refractivity contribution in [2.45, 2.75) is 25.0 Å². The average molecular weight is 342 g/mol. The van der Waals surface area contributed by atoms with E-state index in [1.54, 1.807) is 17.8 Å². The quantitative estimate of drug-likeness (QED) is 0.870. The van der Waals surface area contributed by atoms with Gasteiger partial charge in [-0.25, -0.2) is 4.68 Å². The van der Waals surface area contributed by atoms with Crippen LogP contribution in [0.2, 0.25) is 10.0 Å². The second-order valence-corrected chi connectivity index (χ2v) is 6.81. The summed E-state index contributed by atoms with van der Waals surface area (Å²) in [5.41, 5.74) is 3.35. The summed E-state index contributed by atoms with van der Waals surface area (Å²) in [6, 6.07) is 5.53. The van der Waals surface area contributed by atoms with Crippen LogP contribution in [0.5, 0.6) is 0 Å². The largest absolute Gasteiger partial charge is 0.370 e. The summed E-state index contributed by atoms with van der Waals surface area (Å²) in [6.07, 6.45) is 5.55. The van der Waals surface area contributed by atoms with E-state index in [0.717, 1.165) is 35.9 Å². The molecule has 1 N–H and O–H groups in total.